The molecule has 1 saturated carbocycles. The van der Waals surface area contributed by atoms with Crippen LogP contribution in [0.15, 0.2) is 0 Å². The van der Waals surface area contributed by atoms with Crippen LogP contribution in [-0.4, -0.2) is 50.2 Å². The maximum Gasteiger partial charge on any atom is 0.236 e. The summed E-state index contributed by atoms with van der Waals surface area (Å²) in [5.41, 5.74) is 0. The molecule has 0 spiro atoms. The smallest absolute Gasteiger partial charge is 0.236 e. The summed E-state index contributed by atoms with van der Waals surface area (Å²) >= 11 is 0. The third kappa shape index (κ3) is 2.96. The molecule has 0 bridgehead atoms. The summed E-state index contributed by atoms with van der Waals surface area (Å²) < 4.78 is 5.16. The monoisotopic (exact) mass is 200 g/mol. The predicted molar refractivity (Wildman–Crippen MR) is 55.1 cm³/mol. The Morgan fingerprint density at radius 1 is 1.57 bits per heavy atom. The number of methoxy groups -OCH3 is 1. The Kier molecular flexibility index (Phi) is 4.35. The molecule has 1 amide bonds. The molecule has 0 aromatic carbocycles. The molecule has 14 heavy (non-hydrogen) atoms. The fraction of sp³-hybridized carbons (Fsp3) is 0.900. The molecule has 82 valence electrons. The summed E-state index contributed by atoms with van der Waals surface area (Å²) in [7, 11) is 3.56. The summed E-state index contributed by atoms with van der Waals surface area (Å²) in [4.78, 5) is 13.1. The standard InChI is InChI=1S/C10H20N2O2/c1-4-12(2)10(13)7-11-8-5-9(6-8)14-3/h8-9,11H,4-7H2,1-3H3. The molecule has 1 aliphatic rings. The minimum absolute atomic E-state index is 0.161. The highest BCUT2D eigenvalue weighted by atomic mass is 16.5. The van der Waals surface area contributed by atoms with Crippen LogP contribution in [0.25, 0.3) is 0 Å². The van der Waals surface area contributed by atoms with Crippen molar-refractivity contribution >= 4 is 5.91 Å². The van der Waals surface area contributed by atoms with Gasteiger partial charge in [-0.15, -0.1) is 0 Å². The second-order valence-corrected chi connectivity index (χ2v) is 3.81. The molecular weight excluding hydrogens is 180 g/mol. The molecule has 0 unspecified atom stereocenters. The fourth-order valence-electron chi connectivity index (χ4n) is 1.47. The number of hydrogen-bond acceptors (Lipinski definition) is 3. The number of ether oxygens (including phenoxy) is 1. The fourth-order valence-corrected chi connectivity index (χ4v) is 1.47. The van der Waals surface area contributed by atoms with Crippen LogP contribution in [0.2, 0.25) is 0 Å². The van der Waals surface area contributed by atoms with Crippen molar-refractivity contribution in [2.24, 2.45) is 0 Å². The lowest BCUT2D eigenvalue weighted by Crippen LogP contribution is -2.48. The number of carbonyl (C=O) groups excluding carboxylic acids is 1. The van der Waals surface area contributed by atoms with Gasteiger partial charge in [-0.3, -0.25) is 4.79 Å². The van der Waals surface area contributed by atoms with Crippen molar-refractivity contribution < 1.29 is 9.53 Å². The van der Waals surface area contributed by atoms with Gasteiger partial charge in [-0.1, -0.05) is 0 Å². The van der Waals surface area contributed by atoms with Crippen LogP contribution in [0.1, 0.15) is 19.8 Å². The highest BCUT2D eigenvalue weighted by Crippen LogP contribution is 2.22. The van der Waals surface area contributed by atoms with Gasteiger partial charge >= 0.3 is 0 Å². The van der Waals surface area contributed by atoms with Gasteiger partial charge in [-0.2, -0.15) is 0 Å². The maximum absolute atomic E-state index is 11.4. The zero-order chi connectivity index (χ0) is 10.6. The molecule has 0 atom stereocenters. The summed E-state index contributed by atoms with van der Waals surface area (Å²) in [6.45, 7) is 3.19. The van der Waals surface area contributed by atoms with Crippen LogP contribution in [0.3, 0.4) is 0 Å². The summed E-state index contributed by atoms with van der Waals surface area (Å²) in [5, 5.41) is 3.23. The Labute approximate surface area is 85.6 Å². The van der Waals surface area contributed by atoms with Crippen LogP contribution in [0, 0.1) is 0 Å². The SMILES string of the molecule is CCN(C)C(=O)CNC1CC(OC)C1. The van der Waals surface area contributed by atoms with E-state index in [2.05, 4.69) is 5.32 Å². The maximum atomic E-state index is 11.4. The van der Waals surface area contributed by atoms with Gasteiger partial charge in [-0.05, 0) is 19.8 Å². The van der Waals surface area contributed by atoms with Crippen LogP contribution in [0.4, 0.5) is 0 Å². The Morgan fingerprint density at radius 3 is 2.71 bits per heavy atom. The number of likely N-dealkylation sites (N-methyl/N-ethyl adjacent to an activating group) is 1. The van der Waals surface area contributed by atoms with E-state index in [-0.39, 0.29) is 5.91 Å². The van der Waals surface area contributed by atoms with Gasteiger partial charge in [0.15, 0.2) is 0 Å². The molecular formula is C10H20N2O2. The molecule has 4 nitrogen and oxygen atoms in total. The van der Waals surface area contributed by atoms with E-state index >= 15 is 0 Å². The van der Waals surface area contributed by atoms with Crippen LogP contribution >= 0.6 is 0 Å². The van der Waals surface area contributed by atoms with E-state index < -0.39 is 0 Å². The van der Waals surface area contributed by atoms with Gasteiger partial charge in [0.05, 0.1) is 12.6 Å². The lowest BCUT2D eigenvalue weighted by atomic mass is 9.89. The molecule has 0 saturated heterocycles. The van der Waals surface area contributed by atoms with E-state index in [1.54, 1.807) is 12.0 Å². The largest absolute Gasteiger partial charge is 0.381 e. The lowest BCUT2D eigenvalue weighted by Gasteiger charge is -2.34. The van der Waals surface area contributed by atoms with Crippen molar-refractivity contribution in [3.63, 3.8) is 0 Å². The second-order valence-electron chi connectivity index (χ2n) is 3.81. The molecule has 0 aromatic heterocycles. The molecule has 0 radical (unpaired) electrons. The van der Waals surface area contributed by atoms with E-state index in [1.165, 1.54) is 0 Å². The van der Waals surface area contributed by atoms with Gasteiger partial charge in [0.25, 0.3) is 0 Å². The van der Waals surface area contributed by atoms with Crippen molar-refractivity contribution in [1.29, 1.82) is 0 Å². The Morgan fingerprint density at radius 2 is 2.21 bits per heavy atom. The van der Waals surface area contributed by atoms with Gasteiger partial charge in [-0.25, -0.2) is 0 Å². The first-order valence-electron chi connectivity index (χ1n) is 5.17. The highest BCUT2D eigenvalue weighted by Gasteiger charge is 2.28. The first-order chi connectivity index (χ1) is 6.67. The zero-order valence-electron chi connectivity index (χ0n) is 9.25. The Hall–Kier alpha value is -0.610. The highest BCUT2D eigenvalue weighted by molar-refractivity contribution is 5.77. The van der Waals surface area contributed by atoms with E-state index in [1.807, 2.05) is 14.0 Å². The quantitative estimate of drug-likeness (QED) is 0.691. The number of rotatable bonds is 5. The summed E-state index contributed by atoms with van der Waals surface area (Å²) in [5.74, 6) is 0.161. The van der Waals surface area contributed by atoms with Crippen molar-refractivity contribution in [1.82, 2.24) is 10.2 Å². The van der Waals surface area contributed by atoms with Gasteiger partial charge in [0, 0.05) is 26.7 Å². The van der Waals surface area contributed by atoms with Crippen molar-refractivity contribution in [2.75, 3.05) is 27.2 Å². The molecule has 1 rings (SSSR count). The lowest BCUT2D eigenvalue weighted by molar-refractivity contribution is -0.129. The third-order valence-corrected chi connectivity index (χ3v) is 2.87. The predicted octanol–water partition coefficient (Wildman–Crippen LogP) is 0.232. The average molecular weight is 200 g/mol. The molecule has 0 heterocycles. The van der Waals surface area contributed by atoms with E-state index in [9.17, 15) is 4.79 Å². The molecule has 1 fully saturated rings. The number of hydrogen-bond donors (Lipinski definition) is 1. The van der Waals surface area contributed by atoms with Gasteiger partial charge in [0.2, 0.25) is 5.91 Å². The van der Waals surface area contributed by atoms with E-state index in [0.29, 0.717) is 18.7 Å². The van der Waals surface area contributed by atoms with Gasteiger partial charge in [0.1, 0.15) is 0 Å². The topological polar surface area (TPSA) is 41.6 Å². The number of carbonyl (C=O) groups is 1. The van der Waals surface area contributed by atoms with Crippen molar-refractivity contribution in [2.45, 2.75) is 31.9 Å². The molecule has 1 N–H and O–H groups in total. The van der Waals surface area contributed by atoms with Crippen molar-refractivity contribution in [3.05, 3.63) is 0 Å². The second kappa shape index (κ2) is 5.32. The third-order valence-electron chi connectivity index (χ3n) is 2.87. The normalized spacial score (nSPS) is 25.6. The summed E-state index contributed by atoms with van der Waals surface area (Å²) in [6.07, 6.45) is 2.45. The first-order valence-corrected chi connectivity index (χ1v) is 5.17. The van der Waals surface area contributed by atoms with Crippen molar-refractivity contribution in [3.8, 4) is 0 Å². The van der Waals surface area contributed by atoms with Crippen LogP contribution in [0.5, 0.6) is 0 Å². The molecule has 0 aromatic rings. The minimum Gasteiger partial charge on any atom is -0.381 e. The molecule has 1 aliphatic carbocycles. The van der Waals surface area contributed by atoms with Gasteiger partial charge < -0.3 is 15.0 Å². The summed E-state index contributed by atoms with van der Waals surface area (Å²) in [6, 6.07) is 0.467. The van der Waals surface area contributed by atoms with E-state index in [4.69, 9.17) is 4.74 Å². The number of nitrogens with zero attached hydrogens (tertiary/aromatic N) is 1. The molecule has 0 aliphatic heterocycles. The Balaban J connectivity index is 2.07. The van der Waals surface area contributed by atoms with E-state index in [0.717, 1.165) is 19.4 Å². The average Bonchev–Trinajstić information content (AvgIpc) is 2.14. The number of nitrogens with one attached hydrogen (secondary N) is 1. The van der Waals surface area contributed by atoms with Crippen LogP contribution < -0.4 is 5.32 Å². The van der Waals surface area contributed by atoms with Crippen LogP contribution in [-0.2, 0) is 9.53 Å². The zero-order valence-corrected chi connectivity index (χ0v) is 9.25. The first kappa shape index (κ1) is 11.5. The minimum atomic E-state index is 0.161. The Bertz CT molecular complexity index is 191. The number of amides is 1. The molecule has 4 heteroatoms.